The highest BCUT2D eigenvalue weighted by Gasteiger charge is 2.26. The first kappa shape index (κ1) is 17.9. The summed E-state index contributed by atoms with van der Waals surface area (Å²) < 4.78 is 26.8. The molecule has 0 spiro atoms. The molecule has 0 bridgehead atoms. The van der Waals surface area contributed by atoms with Crippen LogP contribution in [0.2, 0.25) is 0 Å². The quantitative estimate of drug-likeness (QED) is 0.594. The highest BCUT2D eigenvalue weighted by molar-refractivity contribution is 5.92. The van der Waals surface area contributed by atoms with Gasteiger partial charge in [0, 0.05) is 17.3 Å². The first-order chi connectivity index (χ1) is 11.2. The van der Waals surface area contributed by atoms with Crippen molar-refractivity contribution in [3.63, 3.8) is 0 Å². The van der Waals surface area contributed by atoms with Gasteiger partial charge in [-0.2, -0.15) is 0 Å². The van der Waals surface area contributed by atoms with Gasteiger partial charge >= 0.3 is 0 Å². The zero-order valence-corrected chi connectivity index (χ0v) is 13.9. The molecular weight excluding hydrogens is 312 g/mol. The van der Waals surface area contributed by atoms with Crippen molar-refractivity contribution >= 4 is 11.6 Å². The molecule has 0 aliphatic rings. The van der Waals surface area contributed by atoms with E-state index in [0.717, 1.165) is 28.9 Å². The van der Waals surface area contributed by atoms with Crippen LogP contribution < -0.4 is 11.1 Å². The number of nitrogens with zero attached hydrogens (tertiary/aromatic N) is 1. The largest absolute Gasteiger partial charge is 0.383 e. The molecule has 0 aliphatic carbocycles. The van der Waals surface area contributed by atoms with Crippen molar-refractivity contribution in [1.82, 2.24) is 0 Å². The van der Waals surface area contributed by atoms with E-state index >= 15 is 0 Å². The molecule has 0 aromatic heterocycles. The zero-order valence-electron chi connectivity index (χ0n) is 13.9. The summed E-state index contributed by atoms with van der Waals surface area (Å²) in [6, 6.07) is 8.76. The minimum absolute atomic E-state index is 0.0355. The van der Waals surface area contributed by atoms with Crippen molar-refractivity contribution in [2.45, 2.75) is 26.4 Å². The average molecular weight is 333 g/mol. The van der Waals surface area contributed by atoms with Crippen LogP contribution in [-0.2, 0) is 5.60 Å². The second kappa shape index (κ2) is 6.97. The van der Waals surface area contributed by atoms with E-state index in [9.17, 15) is 13.9 Å². The maximum absolute atomic E-state index is 13.8. The summed E-state index contributed by atoms with van der Waals surface area (Å²) in [5, 5.41) is 13.3. The zero-order chi connectivity index (χ0) is 17.9. The maximum Gasteiger partial charge on any atom is 0.193 e. The second-order valence-electron chi connectivity index (χ2n) is 6.02. The molecule has 128 valence electrons. The summed E-state index contributed by atoms with van der Waals surface area (Å²) >= 11 is 0. The molecule has 0 saturated carbocycles. The summed E-state index contributed by atoms with van der Waals surface area (Å²) in [4.78, 5) is 4.06. The lowest BCUT2D eigenvalue weighted by atomic mass is 9.95. The molecule has 0 heterocycles. The number of guanidine groups is 1. The van der Waals surface area contributed by atoms with E-state index < -0.39 is 17.2 Å². The molecule has 0 aliphatic heterocycles. The van der Waals surface area contributed by atoms with Gasteiger partial charge < -0.3 is 16.2 Å². The van der Waals surface area contributed by atoms with Crippen molar-refractivity contribution in [2.75, 3.05) is 11.9 Å². The van der Waals surface area contributed by atoms with E-state index in [1.165, 1.54) is 13.0 Å². The monoisotopic (exact) mass is 333 g/mol. The molecule has 2 aromatic rings. The Bertz CT molecular complexity index is 773. The maximum atomic E-state index is 13.8. The fourth-order valence-electron chi connectivity index (χ4n) is 2.26. The Hall–Kier alpha value is -2.47. The molecule has 4 N–H and O–H groups in total. The van der Waals surface area contributed by atoms with E-state index in [0.29, 0.717) is 0 Å². The number of hydrogen-bond donors (Lipinski definition) is 3. The van der Waals surface area contributed by atoms with E-state index in [4.69, 9.17) is 5.73 Å². The molecule has 24 heavy (non-hydrogen) atoms. The highest BCUT2D eigenvalue weighted by Crippen LogP contribution is 2.24. The number of nitrogens with two attached hydrogens (primary N) is 1. The standard InChI is InChI=1S/C18H21F2N3O/c1-11-4-6-14(8-12(11)2)23-17(21)22-10-18(3,24)15-7-5-13(19)9-16(15)20/h4-9,24H,10H2,1-3H3,(H3,21,22,23). The van der Waals surface area contributed by atoms with Gasteiger partial charge in [0.1, 0.15) is 17.2 Å². The number of anilines is 1. The minimum atomic E-state index is -1.60. The van der Waals surface area contributed by atoms with Gasteiger partial charge in [-0.15, -0.1) is 0 Å². The molecule has 0 radical (unpaired) electrons. The number of halogens is 2. The van der Waals surface area contributed by atoms with Gasteiger partial charge in [-0.25, -0.2) is 13.8 Å². The van der Waals surface area contributed by atoms with Gasteiger partial charge in [0.05, 0.1) is 6.54 Å². The number of aliphatic imine (C=N–C) groups is 1. The summed E-state index contributed by atoms with van der Waals surface area (Å²) in [7, 11) is 0. The lowest BCUT2D eigenvalue weighted by molar-refractivity contribution is 0.0634. The smallest absolute Gasteiger partial charge is 0.193 e. The summed E-state index contributed by atoms with van der Waals surface area (Å²) in [6.07, 6.45) is 0. The van der Waals surface area contributed by atoms with Crippen LogP contribution in [0.4, 0.5) is 14.5 Å². The molecule has 1 unspecified atom stereocenters. The molecule has 4 nitrogen and oxygen atoms in total. The molecule has 1 atom stereocenters. The van der Waals surface area contributed by atoms with Crippen LogP contribution >= 0.6 is 0 Å². The minimum Gasteiger partial charge on any atom is -0.383 e. The molecule has 0 fully saturated rings. The van der Waals surface area contributed by atoms with E-state index in [1.807, 2.05) is 32.0 Å². The van der Waals surface area contributed by atoms with Crippen molar-refractivity contribution in [3.8, 4) is 0 Å². The van der Waals surface area contributed by atoms with Crippen LogP contribution in [-0.4, -0.2) is 17.6 Å². The van der Waals surface area contributed by atoms with Crippen LogP contribution in [0.1, 0.15) is 23.6 Å². The number of nitrogens with one attached hydrogen (secondary N) is 1. The summed E-state index contributed by atoms with van der Waals surface area (Å²) in [5.74, 6) is -1.43. The number of hydrogen-bond acceptors (Lipinski definition) is 2. The first-order valence-corrected chi connectivity index (χ1v) is 7.51. The molecule has 6 heteroatoms. The first-order valence-electron chi connectivity index (χ1n) is 7.51. The van der Waals surface area contributed by atoms with Crippen LogP contribution in [0.3, 0.4) is 0 Å². The Labute approximate surface area is 140 Å². The molecule has 2 rings (SSSR count). The van der Waals surface area contributed by atoms with Gasteiger partial charge in [0.15, 0.2) is 5.96 Å². The van der Waals surface area contributed by atoms with Gasteiger partial charge in [0.25, 0.3) is 0 Å². The highest BCUT2D eigenvalue weighted by atomic mass is 19.1. The molecule has 0 amide bonds. The second-order valence-corrected chi connectivity index (χ2v) is 6.02. The molecular formula is C18H21F2N3O. The number of aliphatic hydroxyl groups is 1. The number of aryl methyl sites for hydroxylation is 2. The Morgan fingerprint density at radius 2 is 1.88 bits per heavy atom. The van der Waals surface area contributed by atoms with E-state index in [-0.39, 0.29) is 18.1 Å². The Kier molecular flexibility index (Phi) is 5.19. The van der Waals surface area contributed by atoms with Crippen LogP contribution in [0, 0.1) is 25.5 Å². The van der Waals surface area contributed by atoms with Crippen LogP contribution in [0.25, 0.3) is 0 Å². The fraction of sp³-hybridized carbons (Fsp3) is 0.278. The van der Waals surface area contributed by atoms with E-state index in [2.05, 4.69) is 10.3 Å². The lowest BCUT2D eigenvalue weighted by Gasteiger charge is -2.22. The Morgan fingerprint density at radius 3 is 2.50 bits per heavy atom. The Morgan fingerprint density at radius 1 is 1.17 bits per heavy atom. The third kappa shape index (κ3) is 4.29. The van der Waals surface area contributed by atoms with E-state index in [1.54, 1.807) is 0 Å². The van der Waals surface area contributed by atoms with Gasteiger partial charge in [-0.05, 0) is 50.1 Å². The van der Waals surface area contributed by atoms with Crippen molar-refractivity contribution in [3.05, 3.63) is 64.7 Å². The third-order valence-corrected chi connectivity index (χ3v) is 3.85. The van der Waals surface area contributed by atoms with Gasteiger partial charge in [-0.3, -0.25) is 0 Å². The predicted octanol–water partition coefficient (Wildman–Crippen LogP) is 3.22. The van der Waals surface area contributed by atoms with Crippen LogP contribution in [0.5, 0.6) is 0 Å². The van der Waals surface area contributed by atoms with Crippen molar-refractivity contribution in [2.24, 2.45) is 10.7 Å². The van der Waals surface area contributed by atoms with Crippen LogP contribution in [0.15, 0.2) is 41.4 Å². The predicted molar refractivity (Wildman–Crippen MR) is 92.0 cm³/mol. The topological polar surface area (TPSA) is 70.6 Å². The lowest BCUT2D eigenvalue weighted by Crippen LogP contribution is -2.30. The normalized spacial score (nSPS) is 14.3. The third-order valence-electron chi connectivity index (χ3n) is 3.85. The number of rotatable bonds is 4. The average Bonchev–Trinajstić information content (AvgIpc) is 2.49. The Balaban J connectivity index is 2.11. The molecule has 0 saturated heterocycles. The van der Waals surface area contributed by atoms with Crippen molar-refractivity contribution < 1.29 is 13.9 Å². The summed E-state index contributed by atoms with van der Waals surface area (Å²) in [5.41, 5.74) is 7.21. The number of benzene rings is 2. The van der Waals surface area contributed by atoms with Gasteiger partial charge in [-0.1, -0.05) is 12.1 Å². The SMILES string of the molecule is Cc1ccc(NC(N)=NCC(C)(O)c2ccc(F)cc2F)cc1C. The molecule has 2 aromatic carbocycles. The van der Waals surface area contributed by atoms with Gasteiger partial charge in [0.2, 0.25) is 0 Å². The van der Waals surface area contributed by atoms with Crippen molar-refractivity contribution in [1.29, 1.82) is 0 Å². The fourth-order valence-corrected chi connectivity index (χ4v) is 2.26. The summed E-state index contributed by atoms with van der Waals surface area (Å²) in [6.45, 7) is 5.22.